The average Bonchev–Trinajstić information content (AvgIpc) is 2.45. The van der Waals surface area contributed by atoms with Crippen LogP contribution in [0.3, 0.4) is 0 Å². The van der Waals surface area contributed by atoms with Gasteiger partial charge in [0, 0.05) is 18.5 Å². The maximum Gasteiger partial charge on any atom is 0.417 e. The number of amides is 3. The molecule has 0 unspecified atom stereocenters. The zero-order chi connectivity index (χ0) is 12.8. The molecule has 6 nitrogen and oxygen atoms in total. The molecule has 0 aliphatic carbocycles. The van der Waals surface area contributed by atoms with E-state index in [0.29, 0.717) is 13.1 Å². The topological polar surface area (TPSA) is 66.9 Å². The lowest BCUT2D eigenvalue weighted by Gasteiger charge is -2.44. The minimum absolute atomic E-state index is 0.0359. The Bertz CT molecular complexity index is 363. The molecule has 6 heteroatoms. The molecule has 2 heterocycles. The summed E-state index contributed by atoms with van der Waals surface area (Å²) in [7, 11) is 0. The summed E-state index contributed by atoms with van der Waals surface area (Å²) in [6.45, 7) is 6.18. The highest BCUT2D eigenvalue weighted by atomic mass is 16.6. The fourth-order valence-corrected chi connectivity index (χ4v) is 1.98. The molecule has 2 aliphatic rings. The van der Waals surface area contributed by atoms with Crippen LogP contribution in [0.25, 0.3) is 0 Å². The van der Waals surface area contributed by atoms with Crippen LogP contribution in [-0.4, -0.2) is 53.4 Å². The van der Waals surface area contributed by atoms with Crippen molar-refractivity contribution in [2.75, 3.05) is 19.7 Å². The van der Waals surface area contributed by atoms with Gasteiger partial charge in [-0.2, -0.15) is 0 Å². The van der Waals surface area contributed by atoms with Crippen molar-refractivity contribution >= 4 is 17.9 Å². The molecule has 0 bridgehead atoms. The van der Waals surface area contributed by atoms with E-state index in [-0.39, 0.29) is 24.5 Å². The van der Waals surface area contributed by atoms with Crippen molar-refractivity contribution in [1.82, 2.24) is 9.80 Å². The second kappa shape index (κ2) is 3.72. The maximum atomic E-state index is 11.9. The fourth-order valence-electron chi connectivity index (χ4n) is 1.98. The number of carbonyl (C=O) groups excluding carboxylic acids is 3. The molecule has 2 rings (SSSR count). The van der Waals surface area contributed by atoms with Gasteiger partial charge in [0.1, 0.15) is 0 Å². The van der Waals surface area contributed by atoms with Gasteiger partial charge in [-0.15, -0.1) is 0 Å². The van der Waals surface area contributed by atoms with Crippen molar-refractivity contribution in [1.29, 1.82) is 0 Å². The van der Waals surface area contributed by atoms with E-state index in [0.717, 1.165) is 4.90 Å². The molecule has 2 aliphatic heterocycles. The van der Waals surface area contributed by atoms with Gasteiger partial charge in [-0.05, 0) is 0 Å². The van der Waals surface area contributed by atoms with E-state index in [1.807, 2.05) is 20.8 Å². The zero-order valence-corrected chi connectivity index (χ0v) is 10.2. The van der Waals surface area contributed by atoms with Gasteiger partial charge in [0.2, 0.25) is 5.91 Å². The highest BCUT2D eigenvalue weighted by molar-refractivity contribution is 5.98. The van der Waals surface area contributed by atoms with Gasteiger partial charge in [-0.1, -0.05) is 20.8 Å². The van der Waals surface area contributed by atoms with Crippen molar-refractivity contribution in [3.63, 3.8) is 0 Å². The standard InChI is InChI=1S/C11H16N2O4/c1-11(2,3)9(15)12-4-7(5-12)13-8(14)6-17-10(13)16/h7H,4-6H2,1-3H3. The van der Waals surface area contributed by atoms with Crippen LogP contribution in [0.15, 0.2) is 0 Å². The third kappa shape index (κ3) is 1.99. The Hall–Kier alpha value is -1.59. The Morgan fingerprint density at radius 3 is 2.29 bits per heavy atom. The summed E-state index contributed by atoms with van der Waals surface area (Å²) in [6, 6.07) is -0.219. The van der Waals surface area contributed by atoms with Crippen LogP contribution >= 0.6 is 0 Å². The highest BCUT2D eigenvalue weighted by Gasteiger charge is 2.45. The molecular weight excluding hydrogens is 224 g/mol. The lowest BCUT2D eigenvalue weighted by Crippen LogP contribution is -2.63. The zero-order valence-electron chi connectivity index (χ0n) is 10.2. The van der Waals surface area contributed by atoms with Crippen LogP contribution < -0.4 is 0 Å². The monoisotopic (exact) mass is 240 g/mol. The average molecular weight is 240 g/mol. The number of hydrogen-bond donors (Lipinski definition) is 0. The smallest absolute Gasteiger partial charge is 0.417 e. The number of nitrogens with zero attached hydrogens (tertiary/aromatic N) is 2. The second-order valence-corrected chi connectivity index (χ2v) is 5.43. The molecule has 0 spiro atoms. The van der Waals surface area contributed by atoms with E-state index in [1.54, 1.807) is 4.90 Å². The summed E-state index contributed by atoms with van der Waals surface area (Å²) in [4.78, 5) is 37.3. The molecule has 94 valence electrons. The first kappa shape index (κ1) is 11.9. The number of imide groups is 1. The largest absolute Gasteiger partial charge is 0.439 e. The van der Waals surface area contributed by atoms with Crippen LogP contribution in [0.1, 0.15) is 20.8 Å². The summed E-state index contributed by atoms with van der Waals surface area (Å²) in [5.41, 5.74) is -0.430. The molecule has 2 fully saturated rings. The minimum atomic E-state index is -0.595. The summed E-state index contributed by atoms with van der Waals surface area (Å²) in [5.74, 6) is -0.281. The first-order chi connectivity index (χ1) is 7.80. The Morgan fingerprint density at radius 2 is 1.88 bits per heavy atom. The number of carbonyl (C=O) groups is 3. The predicted molar refractivity (Wildman–Crippen MR) is 58.0 cm³/mol. The minimum Gasteiger partial charge on any atom is -0.439 e. The number of cyclic esters (lactones) is 1. The van der Waals surface area contributed by atoms with Crippen LogP contribution in [-0.2, 0) is 14.3 Å². The second-order valence-electron chi connectivity index (χ2n) is 5.43. The first-order valence-corrected chi connectivity index (χ1v) is 5.59. The van der Waals surface area contributed by atoms with Gasteiger partial charge in [0.05, 0.1) is 6.04 Å². The van der Waals surface area contributed by atoms with Gasteiger partial charge in [0.15, 0.2) is 6.61 Å². The normalized spacial score (nSPS) is 21.6. The Labute approximate surface area is 99.5 Å². The van der Waals surface area contributed by atoms with Gasteiger partial charge < -0.3 is 9.64 Å². The van der Waals surface area contributed by atoms with Crippen LogP contribution in [0, 0.1) is 5.41 Å². The third-order valence-corrected chi connectivity index (χ3v) is 2.94. The molecular formula is C11H16N2O4. The van der Waals surface area contributed by atoms with Crippen LogP contribution in [0.5, 0.6) is 0 Å². The van der Waals surface area contributed by atoms with Crippen molar-refractivity contribution in [2.45, 2.75) is 26.8 Å². The van der Waals surface area contributed by atoms with Crippen molar-refractivity contribution < 1.29 is 19.1 Å². The van der Waals surface area contributed by atoms with Crippen LogP contribution in [0.4, 0.5) is 4.79 Å². The molecule has 0 saturated carbocycles. The number of ether oxygens (including phenoxy) is 1. The number of hydrogen-bond acceptors (Lipinski definition) is 4. The summed E-state index contributed by atoms with van der Waals surface area (Å²) in [5, 5.41) is 0. The summed E-state index contributed by atoms with van der Waals surface area (Å²) >= 11 is 0. The Kier molecular flexibility index (Phi) is 2.60. The maximum absolute atomic E-state index is 11.9. The van der Waals surface area contributed by atoms with Crippen molar-refractivity contribution in [2.24, 2.45) is 5.41 Å². The molecule has 0 atom stereocenters. The Morgan fingerprint density at radius 1 is 1.29 bits per heavy atom. The van der Waals surface area contributed by atoms with Crippen LogP contribution in [0.2, 0.25) is 0 Å². The predicted octanol–water partition coefficient (Wildman–Crippen LogP) is 0.222. The molecule has 0 aromatic carbocycles. The van der Waals surface area contributed by atoms with Crippen molar-refractivity contribution in [3.8, 4) is 0 Å². The van der Waals surface area contributed by atoms with E-state index in [4.69, 9.17) is 0 Å². The van der Waals surface area contributed by atoms with Gasteiger partial charge in [0.25, 0.3) is 5.91 Å². The Balaban J connectivity index is 1.93. The molecule has 0 radical (unpaired) electrons. The fraction of sp³-hybridized carbons (Fsp3) is 0.727. The number of likely N-dealkylation sites (tertiary alicyclic amines) is 1. The molecule has 17 heavy (non-hydrogen) atoms. The van der Waals surface area contributed by atoms with Crippen molar-refractivity contribution in [3.05, 3.63) is 0 Å². The third-order valence-electron chi connectivity index (χ3n) is 2.94. The summed E-state index contributed by atoms with van der Waals surface area (Å²) < 4.78 is 4.63. The quantitative estimate of drug-likeness (QED) is 0.657. The first-order valence-electron chi connectivity index (χ1n) is 5.59. The van der Waals surface area contributed by atoms with E-state index in [9.17, 15) is 14.4 Å². The lowest BCUT2D eigenvalue weighted by molar-refractivity contribution is -0.148. The lowest BCUT2D eigenvalue weighted by atomic mass is 9.92. The van der Waals surface area contributed by atoms with E-state index >= 15 is 0 Å². The molecule has 0 aromatic heterocycles. The molecule has 0 N–H and O–H groups in total. The van der Waals surface area contributed by atoms with E-state index in [2.05, 4.69) is 4.74 Å². The number of rotatable bonds is 1. The summed E-state index contributed by atoms with van der Waals surface area (Å²) in [6.07, 6.45) is -0.595. The van der Waals surface area contributed by atoms with Gasteiger partial charge in [-0.3, -0.25) is 9.59 Å². The SMILES string of the molecule is CC(C)(C)C(=O)N1CC(N2C(=O)COC2=O)C1. The molecule has 3 amide bonds. The molecule has 2 saturated heterocycles. The highest BCUT2D eigenvalue weighted by Crippen LogP contribution is 2.25. The van der Waals surface area contributed by atoms with E-state index < -0.39 is 11.5 Å². The van der Waals surface area contributed by atoms with Gasteiger partial charge in [-0.25, -0.2) is 9.69 Å². The molecule has 0 aromatic rings. The van der Waals surface area contributed by atoms with E-state index in [1.165, 1.54) is 0 Å². The van der Waals surface area contributed by atoms with Gasteiger partial charge >= 0.3 is 6.09 Å².